The molecule has 1 saturated heterocycles. The van der Waals surface area contributed by atoms with Crippen LogP contribution in [0.3, 0.4) is 0 Å². The van der Waals surface area contributed by atoms with E-state index in [2.05, 4.69) is 0 Å². The minimum absolute atomic E-state index is 0.335. The van der Waals surface area contributed by atoms with Gasteiger partial charge in [0, 0.05) is 30.8 Å². The van der Waals surface area contributed by atoms with E-state index < -0.39 is 17.5 Å². The molecule has 0 N–H and O–H groups in total. The molecule has 0 saturated carbocycles. The Bertz CT molecular complexity index is 1230. The maximum Gasteiger partial charge on any atom is 0.267 e. The minimum atomic E-state index is -1.67. The summed E-state index contributed by atoms with van der Waals surface area (Å²) >= 11 is 0. The Hall–Kier alpha value is -3.68. The molecule has 1 fully saturated rings. The first-order chi connectivity index (χ1) is 16.0. The van der Waals surface area contributed by atoms with Crippen LogP contribution in [0, 0.1) is 0 Å². The predicted octanol–water partition coefficient (Wildman–Crippen LogP) is 3.48. The molecule has 2 spiro atoms. The summed E-state index contributed by atoms with van der Waals surface area (Å²) in [5.41, 5.74) is -0.0195. The van der Waals surface area contributed by atoms with Crippen molar-refractivity contribution < 1.29 is 23.8 Å². The molecule has 3 aliphatic rings. The third kappa shape index (κ3) is 2.25. The lowest BCUT2D eigenvalue weighted by atomic mass is 9.74. The smallest absolute Gasteiger partial charge is 0.267 e. The fraction of sp³-hybridized carbons (Fsp3) is 0.231. The Morgan fingerprint density at radius 2 is 1.18 bits per heavy atom. The van der Waals surface area contributed by atoms with Crippen molar-refractivity contribution in [1.82, 2.24) is 0 Å². The average Bonchev–Trinajstić information content (AvgIpc) is 3.41. The van der Waals surface area contributed by atoms with Crippen molar-refractivity contribution in [3.05, 3.63) is 89.5 Å². The zero-order chi connectivity index (χ0) is 23.0. The van der Waals surface area contributed by atoms with E-state index in [4.69, 9.17) is 14.2 Å². The van der Waals surface area contributed by atoms with Gasteiger partial charge in [0.25, 0.3) is 11.8 Å². The number of likely N-dealkylation sites (N-methyl/N-ethyl adjacent to an activating group) is 2. The molecule has 0 aliphatic carbocycles. The summed E-state index contributed by atoms with van der Waals surface area (Å²) in [6, 6.07) is 22.0. The summed E-state index contributed by atoms with van der Waals surface area (Å²) in [5, 5.41) is 0. The van der Waals surface area contributed by atoms with Gasteiger partial charge >= 0.3 is 0 Å². The highest BCUT2D eigenvalue weighted by molar-refractivity contribution is 6.17. The highest BCUT2D eigenvalue weighted by Crippen LogP contribution is 2.65. The van der Waals surface area contributed by atoms with Crippen molar-refractivity contribution in [3.8, 4) is 5.75 Å². The van der Waals surface area contributed by atoms with E-state index in [0.29, 0.717) is 33.8 Å². The highest BCUT2D eigenvalue weighted by Gasteiger charge is 2.77. The Morgan fingerprint density at radius 1 is 0.727 bits per heavy atom. The van der Waals surface area contributed by atoms with Crippen LogP contribution in [0.2, 0.25) is 0 Å². The van der Waals surface area contributed by atoms with Crippen LogP contribution < -0.4 is 14.5 Å². The second-order valence-corrected chi connectivity index (χ2v) is 8.47. The second kappa shape index (κ2) is 6.66. The molecule has 7 nitrogen and oxygen atoms in total. The van der Waals surface area contributed by atoms with Gasteiger partial charge in [0.15, 0.2) is 6.29 Å². The van der Waals surface area contributed by atoms with Gasteiger partial charge in [0.2, 0.25) is 11.2 Å². The van der Waals surface area contributed by atoms with Gasteiger partial charge in [-0.05, 0) is 24.3 Å². The molecule has 7 heteroatoms. The topological polar surface area (TPSA) is 68.3 Å². The number of anilines is 2. The number of ether oxygens (including phenoxy) is 3. The Kier molecular flexibility index (Phi) is 4.03. The molecular formula is C26H22N2O5. The van der Waals surface area contributed by atoms with Crippen molar-refractivity contribution in [2.75, 3.05) is 31.0 Å². The third-order valence-corrected chi connectivity index (χ3v) is 6.95. The summed E-state index contributed by atoms with van der Waals surface area (Å²) in [4.78, 5) is 31.1. The molecule has 3 aromatic rings. The van der Waals surface area contributed by atoms with Gasteiger partial charge in [-0.3, -0.25) is 9.59 Å². The largest absolute Gasteiger partial charge is 0.497 e. The quantitative estimate of drug-likeness (QED) is 0.608. The Balaban J connectivity index is 1.64. The van der Waals surface area contributed by atoms with Gasteiger partial charge in [-0.2, -0.15) is 0 Å². The molecule has 3 aliphatic heterocycles. The zero-order valence-corrected chi connectivity index (χ0v) is 18.4. The van der Waals surface area contributed by atoms with Crippen LogP contribution in [-0.4, -0.2) is 33.0 Å². The third-order valence-electron chi connectivity index (χ3n) is 6.95. The van der Waals surface area contributed by atoms with Crippen LogP contribution in [-0.2, 0) is 30.3 Å². The first-order valence-corrected chi connectivity index (χ1v) is 10.7. The second-order valence-electron chi connectivity index (χ2n) is 8.47. The first-order valence-electron chi connectivity index (χ1n) is 10.7. The number of benzene rings is 3. The standard InChI is InChI=1S/C26H22N2O5/c1-27-20-10-6-4-8-18(20)25(23(27)29)26(19-9-5-7-11-21(19)28(2)24(26)30)33-22(32-25)16-12-14-17(31-3)15-13-16/h4-15,22H,1-3H3/t25-,26-/m1/s1. The number of hydrogen-bond donors (Lipinski definition) is 0. The molecule has 2 amide bonds. The molecular weight excluding hydrogens is 420 g/mol. The molecule has 0 unspecified atom stereocenters. The number of carbonyl (C=O) groups excluding carboxylic acids is 2. The molecule has 6 rings (SSSR count). The Morgan fingerprint density at radius 3 is 1.64 bits per heavy atom. The van der Waals surface area contributed by atoms with Gasteiger partial charge in [-0.15, -0.1) is 0 Å². The van der Waals surface area contributed by atoms with Crippen LogP contribution in [0.4, 0.5) is 11.4 Å². The van der Waals surface area contributed by atoms with Crippen molar-refractivity contribution in [1.29, 1.82) is 0 Å². The first kappa shape index (κ1) is 20.0. The molecule has 0 aromatic heterocycles. The summed E-state index contributed by atoms with van der Waals surface area (Å²) in [6.45, 7) is 0. The average molecular weight is 442 g/mol. The lowest BCUT2D eigenvalue weighted by Gasteiger charge is -2.34. The molecule has 3 heterocycles. The lowest BCUT2D eigenvalue weighted by Crippen LogP contribution is -2.57. The normalized spacial score (nSPS) is 25.9. The Labute approximate surface area is 191 Å². The van der Waals surface area contributed by atoms with Crippen molar-refractivity contribution in [3.63, 3.8) is 0 Å². The summed E-state index contributed by atoms with van der Waals surface area (Å²) < 4.78 is 18.5. The highest BCUT2D eigenvalue weighted by atomic mass is 16.8. The van der Waals surface area contributed by atoms with Crippen LogP contribution in [0.15, 0.2) is 72.8 Å². The van der Waals surface area contributed by atoms with Crippen LogP contribution >= 0.6 is 0 Å². The van der Waals surface area contributed by atoms with E-state index in [0.717, 1.165) is 0 Å². The number of fused-ring (bicyclic) bond motifs is 5. The number of nitrogens with zero attached hydrogens (tertiary/aromatic N) is 2. The van der Waals surface area contributed by atoms with Crippen LogP contribution in [0.5, 0.6) is 5.75 Å². The molecule has 3 aromatic carbocycles. The van der Waals surface area contributed by atoms with E-state index in [-0.39, 0.29) is 11.8 Å². The van der Waals surface area contributed by atoms with Crippen LogP contribution in [0.25, 0.3) is 0 Å². The van der Waals surface area contributed by atoms with Crippen molar-refractivity contribution in [2.24, 2.45) is 0 Å². The summed E-state index contributed by atoms with van der Waals surface area (Å²) in [7, 11) is 4.99. The predicted molar refractivity (Wildman–Crippen MR) is 121 cm³/mol. The van der Waals surface area contributed by atoms with Gasteiger partial charge in [0.1, 0.15) is 5.75 Å². The monoisotopic (exact) mass is 442 g/mol. The van der Waals surface area contributed by atoms with Crippen molar-refractivity contribution in [2.45, 2.75) is 17.5 Å². The van der Waals surface area contributed by atoms with E-state index in [1.54, 1.807) is 43.1 Å². The van der Waals surface area contributed by atoms with E-state index in [1.807, 2.05) is 60.7 Å². The SMILES string of the molecule is COc1ccc(C2O[C@]3(C(=O)N(C)c4ccccc43)[C@]3(O2)C(=O)N(C)c2ccccc23)cc1. The van der Waals surface area contributed by atoms with Gasteiger partial charge in [0.05, 0.1) is 18.5 Å². The minimum Gasteiger partial charge on any atom is -0.497 e. The van der Waals surface area contributed by atoms with Gasteiger partial charge < -0.3 is 24.0 Å². The summed E-state index contributed by atoms with van der Waals surface area (Å²) in [5.74, 6) is 0.0153. The maximum absolute atomic E-state index is 14.0. The number of rotatable bonds is 2. The number of para-hydroxylation sites is 2. The zero-order valence-electron chi connectivity index (χ0n) is 18.4. The molecule has 2 atom stereocenters. The number of methoxy groups -OCH3 is 1. The van der Waals surface area contributed by atoms with Gasteiger partial charge in [-0.1, -0.05) is 48.5 Å². The molecule has 0 radical (unpaired) electrons. The fourth-order valence-corrected chi connectivity index (χ4v) is 5.37. The van der Waals surface area contributed by atoms with E-state index in [9.17, 15) is 9.59 Å². The fourth-order valence-electron chi connectivity index (χ4n) is 5.37. The molecule has 166 valence electrons. The molecule has 0 bridgehead atoms. The number of amides is 2. The molecule has 33 heavy (non-hydrogen) atoms. The van der Waals surface area contributed by atoms with E-state index in [1.165, 1.54) is 0 Å². The maximum atomic E-state index is 14.0. The lowest BCUT2D eigenvalue weighted by molar-refractivity contribution is -0.156. The van der Waals surface area contributed by atoms with Crippen LogP contribution in [0.1, 0.15) is 23.0 Å². The van der Waals surface area contributed by atoms with Crippen molar-refractivity contribution >= 4 is 23.2 Å². The summed E-state index contributed by atoms with van der Waals surface area (Å²) in [6.07, 6.45) is -0.942. The number of carbonyl (C=O) groups is 2. The van der Waals surface area contributed by atoms with E-state index >= 15 is 0 Å². The number of hydrogen-bond acceptors (Lipinski definition) is 5. The van der Waals surface area contributed by atoms with Gasteiger partial charge in [-0.25, -0.2) is 0 Å².